The SMILES string of the molecule is CCC1(NC(=O)C2=C(C)[C@@H](C(C)C)[C@]3(C)[C@@H](C)[C@@]4(C)C(C(=O)c5c(O)cccc5[C@@H]4C)C(=O)[C@]3(O)C2=O)CCCCC1. The van der Waals surface area contributed by atoms with Crippen molar-refractivity contribution in [3.63, 3.8) is 0 Å². The van der Waals surface area contributed by atoms with E-state index in [0.29, 0.717) is 11.1 Å². The maximum atomic E-state index is 14.8. The van der Waals surface area contributed by atoms with E-state index in [9.17, 15) is 29.4 Å². The predicted octanol–water partition coefficient (Wildman–Crippen LogP) is 5.67. The summed E-state index contributed by atoms with van der Waals surface area (Å²) < 4.78 is 0. The average Bonchev–Trinajstić information content (AvgIpc) is 2.93. The molecule has 0 aliphatic heterocycles. The van der Waals surface area contributed by atoms with Crippen LogP contribution < -0.4 is 5.32 Å². The average molecular weight is 578 g/mol. The van der Waals surface area contributed by atoms with Gasteiger partial charge in [0.2, 0.25) is 5.78 Å². The topological polar surface area (TPSA) is 121 Å². The molecule has 4 aliphatic carbocycles. The Morgan fingerprint density at radius 2 is 1.69 bits per heavy atom. The Morgan fingerprint density at radius 3 is 2.26 bits per heavy atom. The zero-order valence-electron chi connectivity index (χ0n) is 26.4. The van der Waals surface area contributed by atoms with Crippen LogP contribution in [0.25, 0.3) is 0 Å². The van der Waals surface area contributed by atoms with Gasteiger partial charge in [-0.05, 0) is 66.9 Å². The first-order valence-electron chi connectivity index (χ1n) is 15.8. The first-order valence-corrected chi connectivity index (χ1v) is 15.8. The molecule has 1 unspecified atom stereocenters. The first kappa shape index (κ1) is 30.7. The van der Waals surface area contributed by atoms with E-state index in [1.165, 1.54) is 6.07 Å². The summed E-state index contributed by atoms with van der Waals surface area (Å²) in [4.78, 5) is 57.6. The van der Waals surface area contributed by atoms with Gasteiger partial charge in [-0.3, -0.25) is 19.2 Å². The molecule has 5 rings (SSSR count). The van der Waals surface area contributed by atoms with Gasteiger partial charge in [-0.1, -0.05) is 85.4 Å². The Labute approximate surface area is 249 Å². The van der Waals surface area contributed by atoms with Crippen LogP contribution in [0.2, 0.25) is 0 Å². The molecule has 2 fully saturated rings. The van der Waals surface area contributed by atoms with E-state index in [4.69, 9.17) is 0 Å². The van der Waals surface area contributed by atoms with Crippen molar-refractivity contribution in [1.82, 2.24) is 5.32 Å². The molecule has 1 amide bonds. The molecule has 4 aliphatic rings. The maximum absolute atomic E-state index is 14.8. The van der Waals surface area contributed by atoms with Crippen LogP contribution in [-0.4, -0.2) is 44.6 Å². The van der Waals surface area contributed by atoms with Gasteiger partial charge >= 0.3 is 0 Å². The van der Waals surface area contributed by atoms with Gasteiger partial charge < -0.3 is 15.5 Å². The summed E-state index contributed by atoms with van der Waals surface area (Å²) in [5.74, 6) is -5.83. The van der Waals surface area contributed by atoms with Gasteiger partial charge in [0.25, 0.3) is 5.91 Å². The van der Waals surface area contributed by atoms with Gasteiger partial charge in [0.05, 0.1) is 17.1 Å². The van der Waals surface area contributed by atoms with E-state index in [1.54, 1.807) is 13.0 Å². The molecule has 0 heterocycles. The van der Waals surface area contributed by atoms with Gasteiger partial charge in [-0.15, -0.1) is 0 Å². The van der Waals surface area contributed by atoms with E-state index in [1.807, 2.05) is 54.5 Å². The van der Waals surface area contributed by atoms with Crippen molar-refractivity contribution in [1.29, 1.82) is 0 Å². The predicted molar refractivity (Wildman–Crippen MR) is 160 cm³/mol. The number of fused-ring (bicyclic) bond motifs is 3. The summed E-state index contributed by atoms with van der Waals surface area (Å²) >= 11 is 0. The van der Waals surface area contributed by atoms with Crippen LogP contribution >= 0.6 is 0 Å². The number of rotatable bonds is 4. The number of phenolic OH excluding ortho intramolecular Hbond substituents is 1. The van der Waals surface area contributed by atoms with Crippen molar-refractivity contribution in [2.24, 2.45) is 34.5 Å². The highest BCUT2D eigenvalue weighted by Crippen LogP contribution is 2.69. The summed E-state index contributed by atoms with van der Waals surface area (Å²) in [5.41, 5.74) is -4.05. The lowest BCUT2D eigenvalue weighted by molar-refractivity contribution is -0.211. The Morgan fingerprint density at radius 1 is 1.07 bits per heavy atom. The molecular weight excluding hydrogens is 530 g/mol. The lowest BCUT2D eigenvalue weighted by Gasteiger charge is -2.66. The molecule has 1 aromatic rings. The van der Waals surface area contributed by atoms with Gasteiger partial charge in [0.1, 0.15) is 5.75 Å². The summed E-state index contributed by atoms with van der Waals surface area (Å²) in [6.45, 7) is 15.4. The highest BCUT2D eigenvalue weighted by atomic mass is 16.3. The fourth-order valence-corrected chi connectivity index (χ4v) is 10.0. The standard InChI is InChI=1S/C35H47NO6/c1-9-34(16-11-10-12-17-34)36-31(41)24-19(4)26(18(2)3)33(8)21(6)32(7)20(5)22-14-13-15-23(37)25(22)28(38)27(32)30(40)35(33,42)29(24)39/h13-15,18,20-21,26-27,37,42H,9-12,16-17H2,1-8H3,(H,36,41)/t20-,21-,26+,27?,32-,33-,35+/m0/s1. The largest absolute Gasteiger partial charge is 0.507 e. The van der Waals surface area contributed by atoms with Crippen molar-refractivity contribution in [3.8, 4) is 5.75 Å². The molecular formula is C35H47NO6. The van der Waals surface area contributed by atoms with Crippen molar-refractivity contribution >= 4 is 23.3 Å². The van der Waals surface area contributed by atoms with Crippen LogP contribution in [0.4, 0.5) is 0 Å². The van der Waals surface area contributed by atoms with E-state index >= 15 is 0 Å². The quantitative estimate of drug-likeness (QED) is 0.313. The van der Waals surface area contributed by atoms with Crippen molar-refractivity contribution in [2.45, 2.75) is 111 Å². The maximum Gasteiger partial charge on any atom is 0.255 e. The van der Waals surface area contributed by atoms with E-state index in [0.717, 1.165) is 38.5 Å². The highest BCUT2D eigenvalue weighted by Gasteiger charge is 2.77. The number of phenols is 1. The number of aliphatic hydroxyl groups is 1. The fourth-order valence-electron chi connectivity index (χ4n) is 10.0. The second-order valence-corrected chi connectivity index (χ2v) is 14.5. The smallest absolute Gasteiger partial charge is 0.255 e. The van der Waals surface area contributed by atoms with Crippen molar-refractivity contribution in [2.75, 3.05) is 0 Å². The molecule has 3 N–H and O–H groups in total. The fraction of sp³-hybridized carbons (Fsp3) is 0.657. The van der Waals surface area contributed by atoms with Crippen LogP contribution in [0.3, 0.4) is 0 Å². The molecule has 7 nitrogen and oxygen atoms in total. The molecule has 228 valence electrons. The number of amides is 1. The zero-order chi connectivity index (χ0) is 31.2. The van der Waals surface area contributed by atoms with Gasteiger partial charge in [-0.25, -0.2) is 0 Å². The van der Waals surface area contributed by atoms with Crippen LogP contribution in [0, 0.1) is 34.5 Å². The Hall–Kier alpha value is -2.80. The van der Waals surface area contributed by atoms with Gasteiger partial charge in [0, 0.05) is 11.0 Å². The second-order valence-electron chi connectivity index (χ2n) is 14.5. The van der Waals surface area contributed by atoms with Crippen molar-refractivity contribution in [3.05, 3.63) is 40.5 Å². The molecule has 7 atom stereocenters. The number of ketones is 3. The first-order chi connectivity index (χ1) is 19.6. The molecule has 0 aromatic heterocycles. The zero-order valence-corrected chi connectivity index (χ0v) is 26.4. The van der Waals surface area contributed by atoms with Crippen molar-refractivity contribution < 1.29 is 29.4 Å². The van der Waals surface area contributed by atoms with Crippen LogP contribution in [0.1, 0.15) is 116 Å². The molecule has 0 bridgehead atoms. The summed E-state index contributed by atoms with van der Waals surface area (Å²) in [7, 11) is 0. The summed E-state index contributed by atoms with van der Waals surface area (Å²) in [6.07, 6.45) is 5.43. The number of carbonyl (C=O) groups excluding carboxylic acids is 4. The van der Waals surface area contributed by atoms with E-state index < -0.39 is 63.0 Å². The Kier molecular flexibility index (Phi) is 7.20. The minimum absolute atomic E-state index is 0.0794. The molecule has 1 aromatic carbocycles. The molecule has 0 spiro atoms. The number of aromatic hydroxyl groups is 1. The lowest BCUT2D eigenvalue weighted by Crippen LogP contribution is -2.77. The number of Topliss-reactive ketones (excluding diaryl/α,β-unsaturated/α-hetero) is 3. The van der Waals surface area contributed by atoms with Crippen LogP contribution in [0.5, 0.6) is 5.75 Å². The van der Waals surface area contributed by atoms with E-state index in [-0.39, 0.29) is 28.7 Å². The number of allylic oxidation sites excluding steroid dienone is 1. The molecule has 42 heavy (non-hydrogen) atoms. The monoisotopic (exact) mass is 577 g/mol. The molecule has 7 heteroatoms. The summed E-state index contributed by atoms with van der Waals surface area (Å²) in [5, 5.41) is 26.6. The number of hydrogen-bond acceptors (Lipinski definition) is 6. The lowest BCUT2D eigenvalue weighted by atomic mass is 9.35. The normalized spacial score (nSPS) is 37.7. The third-order valence-electron chi connectivity index (χ3n) is 12.7. The Bertz CT molecular complexity index is 1400. The van der Waals surface area contributed by atoms with Gasteiger partial charge in [0.15, 0.2) is 17.2 Å². The third kappa shape index (κ3) is 3.61. The van der Waals surface area contributed by atoms with Crippen LogP contribution in [-0.2, 0) is 14.4 Å². The number of benzene rings is 1. The minimum Gasteiger partial charge on any atom is -0.507 e. The molecule has 0 saturated heterocycles. The number of nitrogens with one attached hydrogen (secondary N) is 1. The van der Waals surface area contributed by atoms with Gasteiger partial charge in [-0.2, -0.15) is 0 Å². The third-order valence-corrected chi connectivity index (χ3v) is 12.7. The van der Waals surface area contributed by atoms with Crippen LogP contribution in [0.15, 0.2) is 29.3 Å². The second kappa shape index (κ2) is 9.87. The molecule has 2 saturated carbocycles. The van der Waals surface area contributed by atoms with E-state index in [2.05, 4.69) is 5.32 Å². The minimum atomic E-state index is -2.58. The summed E-state index contributed by atoms with van der Waals surface area (Å²) in [6, 6.07) is 4.93. The number of hydrogen-bond donors (Lipinski definition) is 3. The Balaban J connectivity index is 1.72. The number of carbonyl (C=O) groups is 4. The molecule has 0 radical (unpaired) electrons. The highest BCUT2D eigenvalue weighted by molar-refractivity contribution is 6.33.